The van der Waals surface area contributed by atoms with Gasteiger partial charge in [-0.3, -0.25) is 10.1 Å². The van der Waals surface area contributed by atoms with E-state index in [9.17, 15) is 24.8 Å². The molecule has 0 aromatic heterocycles. The molecule has 2 N–H and O–H groups in total. The fraction of sp³-hybridized carbons (Fsp3) is 0.565. The molecule has 2 fully saturated rings. The Morgan fingerprint density at radius 3 is 2.45 bits per heavy atom. The minimum absolute atomic E-state index is 0.0105. The summed E-state index contributed by atoms with van der Waals surface area (Å²) in [6.07, 6.45) is 0.460. The number of carboxylic acid groups (broad SMARTS) is 1. The Balaban J connectivity index is 1.64. The molecule has 31 heavy (non-hydrogen) atoms. The summed E-state index contributed by atoms with van der Waals surface area (Å²) in [5.41, 5.74) is -1.97. The number of hydrogen-bond donors (Lipinski definition) is 2. The number of aliphatic carboxylic acids is 1. The highest BCUT2D eigenvalue weighted by atomic mass is 16.6. The second-order valence-corrected chi connectivity index (χ2v) is 9.27. The number of alkyl carbamates (subject to hydrolysis) is 1. The van der Waals surface area contributed by atoms with E-state index in [-0.39, 0.29) is 23.5 Å². The van der Waals surface area contributed by atoms with Crippen LogP contribution in [0.1, 0.15) is 52.0 Å². The first-order valence-electron chi connectivity index (χ1n) is 10.4. The van der Waals surface area contributed by atoms with E-state index in [1.807, 2.05) is 5.32 Å². The molecular weight excluding hydrogens is 400 g/mol. The highest BCUT2D eigenvalue weighted by Gasteiger charge is 2.63. The van der Waals surface area contributed by atoms with E-state index in [1.54, 1.807) is 36.4 Å². The number of rotatable bonds is 7. The summed E-state index contributed by atoms with van der Waals surface area (Å²) in [6.45, 7) is 6.32. The Morgan fingerprint density at radius 1 is 1.26 bits per heavy atom. The average molecular weight is 428 g/mol. The smallest absolute Gasteiger partial charge is 0.409 e. The molecule has 2 saturated carbocycles. The molecule has 2 bridgehead atoms. The third kappa shape index (κ3) is 4.09. The van der Waals surface area contributed by atoms with Crippen LogP contribution in [0.25, 0.3) is 0 Å². The molecule has 2 aliphatic carbocycles. The molecule has 0 heterocycles. The first-order chi connectivity index (χ1) is 14.5. The molecule has 4 unspecified atom stereocenters. The summed E-state index contributed by atoms with van der Waals surface area (Å²) >= 11 is 0. The van der Waals surface area contributed by atoms with Gasteiger partial charge >= 0.3 is 18.0 Å². The Kier molecular flexibility index (Phi) is 5.99. The number of ether oxygens (including phenoxy) is 2. The lowest BCUT2D eigenvalue weighted by Gasteiger charge is -2.38. The van der Waals surface area contributed by atoms with E-state index in [4.69, 9.17) is 9.47 Å². The number of carboxylic acids is 1. The first-order valence-corrected chi connectivity index (χ1v) is 10.4. The number of nitriles is 1. The fourth-order valence-corrected chi connectivity index (χ4v) is 4.95. The number of esters is 1. The number of amides is 1. The van der Waals surface area contributed by atoms with Crippen molar-refractivity contribution in [2.24, 2.45) is 16.7 Å². The average Bonchev–Trinajstić information content (AvgIpc) is 3.06. The van der Waals surface area contributed by atoms with Crippen LogP contribution in [-0.2, 0) is 25.7 Å². The van der Waals surface area contributed by atoms with Crippen molar-refractivity contribution >= 4 is 18.0 Å². The third-order valence-electron chi connectivity index (χ3n) is 7.48. The predicted molar refractivity (Wildman–Crippen MR) is 109 cm³/mol. The summed E-state index contributed by atoms with van der Waals surface area (Å²) in [4.78, 5) is 36.6. The number of fused-ring (bicyclic) bond motifs is 2. The van der Waals surface area contributed by atoms with Crippen LogP contribution in [-0.4, -0.2) is 34.8 Å². The van der Waals surface area contributed by atoms with Crippen molar-refractivity contribution in [3.8, 4) is 6.07 Å². The number of hydrogen-bond acceptors (Lipinski definition) is 6. The predicted octanol–water partition coefficient (Wildman–Crippen LogP) is 3.41. The third-order valence-corrected chi connectivity index (χ3v) is 7.48. The lowest BCUT2D eigenvalue weighted by atomic mass is 9.70. The lowest BCUT2D eigenvalue weighted by Crippen LogP contribution is -2.55. The number of carbonyl (C=O) groups is 3. The Hall–Kier alpha value is -3.08. The van der Waals surface area contributed by atoms with Crippen LogP contribution in [0.2, 0.25) is 0 Å². The topological polar surface area (TPSA) is 126 Å². The van der Waals surface area contributed by atoms with Crippen LogP contribution in [0.4, 0.5) is 4.79 Å². The number of nitrogens with one attached hydrogen (secondary N) is 1. The monoisotopic (exact) mass is 428 g/mol. The van der Waals surface area contributed by atoms with Crippen molar-refractivity contribution in [2.45, 2.75) is 64.7 Å². The van der Waals surface area contributed by atoms with Gasteiger partial charge in [0, 0.05) is 5.41 Å². The van der Waals surface area contributed by atoms with Gasteiger partial charge < -0.3 is 14.6 Å². The molecule has 0 radical (unpaired) electrons. The molecular formula is C23H28N2O6. The summed E-state index contributed by atoms with van der Waals surface area (Å²) in [7, 11) is 0. The van der Waals surface area contributed by atoms with Crippen LogP contribution < -0.4 is 5.32 Å². The van der Waals surface area contributed by atoms with E-state index in [1.165, 1.54) is 0 Å². The standard InChI is InChI=1S/C23H28N2O6/c1-21(2)16-9-10-22(21,3)17(11-16)31-18(26)12-23(14-24,19(27)28)25-20(29)30-13-15-7-5-4-6-8-15/h4-8,16-17H,9-13H2,1-3H3,(H,25,29)(H,27,28). The molecule has 1 aromatic rings. The molecule has 4 atom stereocenters. The van der Waals surface area contributed by atoms with Crippen molar-refractivity contribution in [1.82, 2.24) is 5.32 Å². The molecule has 8 heteroatoms. The maximum atomic E-state index is 12.6. The maximum absolute atomic E-state index is 12.6. The zero-order chi connectivity index (χ0) is 22.9. The van der Waals surface area contributed by atoms with Gasteiger partial charge in [0.05, 0.1) is 6.42 Å². The van der Waals surface area contributed by atoms with Gasteiger partial charge in [0.1, 0.15) is 18.8 Å². The van der Waals surface area contributed by atoms with Crippen LogP contribution >= 0.6 is 0 Å². The zero-order valence-corrected chi connectivity index (χ0v) is 18.0. The Morgan fingerprint density at radius 2 is 1.94 bits per heavy atom. The maximum Gasteiger partial charge on any atom is 0.409 e. The van der Waals surface area contributed by atoms with E-state index in [0.717, 1.165) is 12.8 Å². The van der Waals surface area contributed by atoms with Gasteiger partial charge in [-0.25, -0.2) is 9.59 Å². The molecule has 0 saturated heterocycles. The largest absolute Gasteiger partial charge is 0.479 e. The van der Waals surface area contributed by atoms with Crippen molar-refractivity contribution in [1.29, 1.82) is 5.26 Å². The van der Waals surface area contributed by atoms with Crippen LogP contribution in [0, 0.1) is 28.1 Å². The molecule has 0 spiro atoms. The van der Waals surface area contributed by atoms with Crippen LogP contribution in [0.5, 0.6) is 0 Å². The Bertz CT molecular complexity index is 908. The van der Waals surface area contributed by atoms with Gasteiger partial charge in [0.25, 0.3) is 0 Å². The fourth-order valence-electron chi connectivity index (χ4n) is 4.95. The van der Waals surface area contributed by atoms with Gasteiger partial charge in [-0.05, 0) is 36.2 Å². The zero-order valence-electron chi connectivity index (χ0n) is 18.0. The molecule has 2 aliphatic rings. The van der Waals surface area contributed by atoms with E-state index < -0.39 is 30.0 Å². The number of nitrogens with zero attached hydrogens (tertiary/aromatic N) is 1. The highest BCUT2D eigenvalue weighted by Crippen LogP contribution is 2.66. The van der Waals surface area contributed by atoms with E-state index in [0.29, 0.717) is 17.9 Å². The van der Waals surface area contributed by atoms with Crippen molar-refractivity contribution in [3.05, 3.63) is 35.9 Å². The number of carbonyl (C=O) groups excluding carboxylic acids is 2. The van der Waals surface area contributed by atoms with Crippen molar-refractivity contribution in [3.63, 3.8) is 0 Å². The van der Waals surface area contributed by atoms with Crippen molar-refractivity contribution in [2.75, 3.05) is 0 Å². The number of benzene rings is 1. The van der Waals surface area contributed by atoms with Crippen LogP contribution in [0.15, 0.2) is 30.3 Å². The van der Waals surface area contributed by atoms with E-state index in [2.05, 4.69) is 20.8 Å². The molecule has 3 rings (SSSR count). The lowest BCUT2D eigenvalue weighted by molar-refractivity contribution is -0.161. The van der Waals surface area contributed by atoms with Gasteiger partial charge in [0.2, 0.25) is 5.54 Å². The summed E-state index contributed by atoms with van der Waals surface area (Å²) in [5, 5.41) is 21.2. The minimum atomic E-state index is -2.47. The van der Waals surface area contributed by atoms with Crippen LogP contribution in [0.3, 0.4) is 0 Å². The quantitative estimate of drug-likeness (QED) is 0.637. The molecule has 166 valence electrons. The summed E-state index contributed by atoms with van der Waals surface area (Å²) in [5.74, 6) is -2.05. The summed E-state index contributed by atoms with van der Waals surface area (Å²) < 4.78 is 10.7. The SMILES string of the molecule is CC1(C)C2CCC1(C)C(OC(=O)CC(C#N)(NC(=O)OCc1ccccc1)C(=O)O)C2. The second kappa shape index (κ2) is 8.22. The molecule has 0 aliphatic heterocycles. The highest BCUT2D eigenvalue weighted by molar-refractivity contribution is 5.92. The molecule has 1 aromatic carbocycles. The van der Waals surface area contributed by atoms with Gasteiger partial charge in [-0.15, -0.1) is 0 Å². The van der Waals surface area contributed by atoms with Gasteiger partial charge in [-0.1, -0.05) is 51.1 Å². The Labute approximate surface area is 181 Å². The van der Waals surface area contributed by atoms with E-state index >= 15 is 0 Å². The normalized spacial score (nSPS) is 27.5. The van der Waals surface area contributed by atoms with Gasteiger partial charge in [0.15, 0.2) is 0 Å². The minimum Gasteiger partial charge on any atom is -0.479 e. The summed E-state index contributed by atoms with van der Waals surface area (Å²) in [6, 6.07) is 10.3. The molecule has 1 amide bonds. The van der Waals surface area contributed by atoms with Crippen molar-refractivity contribution < 1.29 is 29.0 Å². The molecule has 8 nitrogen and oxygen atoms in total. The first kappa shape index (κ1) is 22.6. The van der Waals surface area contributed by atoms with Gasteiger partial charge in [-0.2, -0.15) is 5.26 Å². The second-order valence-electron chi connectivity index (χ2n) is 9.27.